The second kappa shape index (κ2) is 5.05. The van der Waals surface area contributed by atoms with Gasteiger partial charge < -0.3 is 5.11 Å². The number of benzene rings is 1. The largest absolute Gasteiger partial charge is 0.507 e. The lowest BCUT2D eigenvalue weighted by molar-refractivity contribution is -0.184. The maximum absolute atomic E-state index is 11.7. The van der Waals surface area contributed by atoms with E-state index in [0.717, 1.165) is 0 Å². The van der Waals surface area contributed by atoms with E-state index in [1.165, 1.54) is 12.1 Å². The van der Waals surface area contributed by atoms with Crippen LogP contribution in [0.4, 0.5) is 13.2 Å². The summed E-state index contributed by atoms with van der Waals surface area (Å²) in [7, 11) is 0. The molecule has 2 N–H and O–H groups in total. The lowest BCUT2D eigenvalue weighted by Crippen LogP contribution is -2.29. The average Bonchev–Trinajstić information content (AvgIpc) is 2.20. The van der Waals surface area contributed by atoms with E-state index in [0.29, 0.717) is 5.56 Å². The molecular weight excluding hydrogens is 239 g/mol. The highest BCUT2D eigenvalue weighted by Gasteiger charge is 2.28. The molecule has 17 heavy (non-hydrogen) atoms. The number of nitrogens with one attached hydrogen (secondary N) is 1. The maximum Gasteiger partial charge on any atom is 0.414 e. The molecule has 0 aromatic heterocycles. The molecule has 0 aliphatic carbocycles. The van der Waals surface area contributed by atoms with Crippen molar-refractivity contribution in [2.75, 3.05) is 6.61 Å². The van der Waals surface area contributed by atoms with Crippen molar-refractivity contribution in [3.05, 3.63) is 29.3 Å². The highest BCUT2D eigenvalue weighted by atomic mass is 19.4. The van der Waals surface area contributed by atoms with Crippen LogP contribution in [0, 0.1) is 6.92 Å². The van der Waals surface area contributed by atoms with E-state index in [-0.39, 0.29) is 11.3 Å². The van der Waals surface area contributed by atoms with Crippen molar-refractivity contribution in [3.8, 4) is 5.75 Å². The Morgan fingerprint density at radius 1 is 1.47 bits per heavy atom. The third kappa shape index (κ3) is 3.95. The number of aryl methyl sites for hydroxylation is 1. The summed E-state index contributed by atoms with van der Waals surface area (Å²) in [4.78, 5) is 15.3. The minimum atomic E-state index is -4.53. The van der Waals surface area contributed by atoms with Crippen LogP contribution in [0.3, 0.4) is 0 Å². The van der Waals surface area contributed by atoms with E-state index in [9.17, 15) is 23.1 Å². The number of hydrogen-bond acceptors (Lipinski definition) is 3. The van der Waals surface area contributed by atoms with Crippen LogP contribution in [0.5, 0.6) is 5.75 Å². The van der Waals surface area contributed by atoms with Gasteiger partial charge in [0, 0.05) is 0 Å². The topological polar surface area (TPSA) is 58.6 Å². The maximum atomic E-state index is 11.7. The molecule has 1 rings (SSSR count). The van der Waals surface area contributed by atoms with E-state index in [4.69, 9.17) is 0 Å². The first-order chi connectivity index (χ1) is 7.81. The molecule has 0 aliphatic heterocycles. The number of hydroxylamine groups is 1. The van der Waals surface area contributed by atoms with Gasteiger partial charge in [-0.1, -0.05) is 12.1 Å². The fraction of sp³-hybridized carbons (Fsp3) is 0.300. The molecule has 1 amide bonds. The van der Waals surface area contributed by atoms with Crippen LogP contribution in [-0.4, -0.2) is 23.8 Å². The Labute approximate surface area is 95.0 Å². The van der Waals surface area contributed by atoms with Gasteiger partial charge >= 0.3 is 6.18 Å². The predicted octanol–water partition coefficient (Wildman–Crippen LogP) is 1.92. The Balaban J connectivity index is 2.62. The lowest BCUT2D eigenvalue weighted by atomic mass is 10.1. The van der Waals surface area contributed by atoms with E-state index in [1.807, 2.05) is 0 Å². The van der Waals surface area contributed by atoms with E-state index < -0.39 is 18.7 Å². The molecule has 4 nitrogen and oxygen atoms in total. The average molecular weight is 249 g/mol. The number of amides is 1. The second-order valence-electron chi connectivity index (χ2n) is 3.31. The smallest absolute Gasteiger partial charge is 0.414 e. The molecule has 0 saturated heterocycles. The molecule has 1 aromatic rings. The Bertz CT molecular complexity index is 418. The number of phenolic OH excluding ortho intramolecular Hbond substituents is 1. The quantitative estimate of drug-likeness (QED) is 0.804. The summed E-state index contributed by atoms with van der Waals surface area (Å²) in [5.41, 5.74) is 1.90. The third-order valence-corrected chi connectivity index (χ3v) is 1.88. The molecule has 7 heteroatoms. The Morgan fingerprint density at radius 3 is 2.71 bits per heavy atom. The molecule has 0 bridgehead atoms. The van der Waals surface area contributed by atoms with Crippen molar-refractivity contribution in [3.63, 3.8) is 0 Å². The minimum absolute atomic E-state index is 0.146. The summed E-state index contributed by atoms with van der Waals surface area (Å²) in [6, 6.07) is 4.32. The Kier molecular flexibility index (Phi) is 3.95. The zero-order chi connectivity index (χ0) is 13.1. The van der Waals surface area contributed by atoms with Crippen molar-refractivity contribution in [2.24, 2.45) is 0 Å². The SMILES string of the molecule is Cc1cccc(C(=O)NOCC(F)(F)F)c1O. The highest BCUT2D eigenvalue weighted by molar-refractivity contribution is 5.96. The number of para-hydroxylation sites is 1. The number of halogens is 3. The zero-order valence-corrected chi connectivity index (χ0v) is 8.84. The van der Waals surface area contributed by atoms with Crippen molar-refractivity contribution in [1.29, 1.82) is 0 Å². The number of alkyl halides is 3. The summed E-state index contributed by atoms with van der Waals surface area (Å²) in [5.74, 6) is -1.23. The summed E-state index contributed by atoms with van der Waals surface area (Å²) in [6.07, 6.45) is -4.53. The van der Waals surface area contributed by atoms with Gasteiger partial charge in [0.1, 0.15) is 5.75 Å². The summed E-state index contributed by atoms with van der Waals surface area (Å²) < 4.78 is 35.2. The first-order valence-electron chi connectivity index (χ1n) is 4.59. The van der Waals surface area contributed by atoms with E-state index in [1.54, 1.807) is 18.5 Å². The van der Waals surface area contributed by atoms with E-state index >= 15 is 0 Å². The minimum Gasteiger partial charge on any atom is -0.507 e. The van der Waals surface area contributed by atoms with Gasteiger partial charge in [-0.3, -0.25) is 9.63 Å². The summed E-state index contributed by atoms with van der Waals surface area (Å²) >= 11 is 0. The normalized spacial score (nSPS) is 11.3. The fourth-order valence-electron chi connectivity index (χ4n) is 1.08. The van der Waals surface area contributed by atoms with Gasteiger partial charge in [-0.15, -0.1) is 0 Å². The van der Waals surface area contributed by atoms with Crippen LogP contribution < -0.4 is 5.48 Å². The summed E-state index contributed by atoms with van der Waals surface area (Å²) in [5, 5.41) is 9.49. The number of carbonyl (C=O) groups excluding carboxylic acids is 1. The lowest BCUT2D eigenvalue weighted by Gasteiger charge is -2.09. The van der Waals surface area contributed by atoms with Gasteiger partial charge in [0.15, 0.2) is 6.61 Å². The number of aromatic hydroxyl groups is 1. The molecule has 0 unspecified atom stereocenters. The van der Waals surface area contributed by atoms with Crippen LogP contribution in [0.25, 0.3) is 0 Å². The second-order valence-corrected chi connectivity index (χ2v) is 3.31. The first-order valence-corrected chi connectivity index (χ1v) is 4.59. The summed E-state index contributed by atoms with van der Waals surface area (Å²) in [6.45, 7) is -0.0337. The van der Waals surface area contributed by atoms with Crippen LogP contribution in [-0.2, 0) is 4.84 Å². The van der Waals surface area contributed by atoms with Crippen molar-refractivity contribution >= 4 is 5.91 Å². The monoisotopic (exact) mass is 249 g/mol. The molecule has 0 saturated carbocycles. The molecule has 0 heterocycles. The fourth-order valence-corrected chi connectivity index (χ4v) is 1.08. The zero-order valence-electron chi connectivity index (χ0n) is 8.84. The van der Waals surface area contributed by atoms with Gasteiger partial charge in [-0.05, 0) is 18.6 Å². The molecule has 0 fully saturated rings. The molecule has 0 atom stereocenters. The molecule has 0 radical (unpaired) electrons. The number of rotatable bonds is 3. The first kappa shape index (κ1) is 13.3. The Hall–Kier alpha value is -1.76. The van der Waals surface area contributed by atoms with Crippen LogP contribution in [0.15, 0.2) is 18.2 Å². The van der Waals surface area contributed by atoms with Gasteiger partial charge in [0.25, 0.3) is 5.91 Å². The van der Waals surface area contributed by atoms with Crippen LogP contribution in [0.2, 0.25) is 0 Å². The van der Waals surface area contributed by atoms with Gasteiger partial charge in [-0.25, -0.2) is 5.48 Å². The number of carbonyl (C=O) groups is 1. The van der Waals surface area contributed by atoms with Crippen molar-refractivity contribution < 1.29 is 27.9 Å². The standard InChI is InChI=1S/C10H10F3NO3/c1-6-3-2-4-7(8(6)15)9(16)14-17-5-10(11,12)13/h2-4,15H,5H2,1H3,(H,14,16). The number of phenols is 1. The molecule has 1 aromatic carbocycles. The molecule has 0 spiro atoms. The predicted molar refractivity (Wildman–Crippen MR) is 52.3 cm³/mol. The van der Waals surface area contributed by atoms with Gasteiger partial charge in [-0.2, -0.15) is 13.2 Å². The van der Waals surface area contributed by atoms with Gasteiger partial charge in [0.05, 0.1) is 5.56 Å². The molecular formula is C10H10F3NO3. The van der Waals surface area contributed by atoms with Crippen LogP contribution >= 0.6 is 0 Å². The Morgan fingerprint density at radius 2 is 2.12 bits per heavy atom. The van der Waals surface area contributed by atoms with Crippen LogP contribution in [0.1, 0.15) is 15.9 Å². The van der Waals surface area contributed by atoms with Crippen molar-refractivity contribution in [1.82, 2.24) is 5.48 Å². The third-order valence-electron chi connectivity index (χ3n) is 1.88. The molecule has 0 aliphatic rings. The number of hydrogen-bond donors (Lipinski definition) is 2. The highest BCUT2D eigenvalue weighted by Crippen LogP contribution is 2.21. The van der Waals surface area contributed by atoms with Gasteiger partial charge in [0.2, 0.25) is 0 Å². The van der Waals surface area contributed by atoms with E-state index in [2.05, 4.69) is 4.84 Å². The molecule has 94 valence electrons. The van der Waals surface area contributed by atoms with Crippen molar-refractivity contribution in [2.45, 2.75) is 13.1 Å².